The van der Waals surface area contributed by atoms with Gasteiger partial charge in [0.05, 0.1) is 21.0 Å². The highest BCUT2D eigenvalue weighted by atomic mass is 16.2. The Hall–Kier alpha value is -1.15. The third-order valence-corrected chi connectivity index (χ3v) is 2.47. The monoisotopic (exact) mass is 178 g/mol. The molecule has 1 amide bonds. The van der Waals surface area contributed by atoms with Gasteiger partial charge in [0.2, 0.25) is 0 Å². The number of nitrogens with zero attached hydrogens (tertiary/aromatic N) is 1. The van der Waals surface area contributed by atoms with Crippen molar-refractivity contribution in [2.24, 2.45) is 0 Å². The molecular formula is C11H16NO+. The summed E-state index contributed by atoms with van der Waals surface area (Å²) in [5.74, 6) is 0.142. The van der Waals surface area contributed by atoms with Gasteiger partial charge in [0.15, 0.2) is 0 Å². The first-order chi connectivity index (χ1) is 5.94. The maximum absolute atomic E-state index is 11.3. The summed E-state index contributed by atoms with van der Waals surface area (Å²) in [6, 6.07) is 8.05. The van der Waals surface area contributed by atoms with E-state index in [0.717, 1.165) is 5.69 Å². The van der Waals surface area contributed by atoms with Gasteiger partial charge < -0.3 is 0 Å². The first-order valence-electron chi connectivity index (χ1n) is 4.37. The number of aryl methyl sites for hydroxylation is 1. The molecule has 0 aliphatic heterocycles. The molecule has 0 bridgehead atoms. The predicted molar refractivity (Wildman–Crippen MR) is 55.5 cm³/mol. The van der Waals surface area contributed by atoms with Gasteiger partial charge in [0.1, 0.15) is 5.69 Å². The summed E-state index contributed by atoms with van der Waals surface area (Å²) < 4.78 is 0.306. The molecule has 13 heavy (non-hydrogen) atoms. The average molecular weight is 178 g/mol. The molecule has 2 heteroatoms. The summed E-state index contributed by atoms with van der Waals surface area (Å²) in [5, 5.41) is 0. The van der Waals surface area contributed by atoms with Gasteiger partial charge >= 0.3 is 5.91 Å². The third-order valence-electron chi connectivity index (χ3n) is 2.47. The Morgan fingerprint density at radius 2 is 1.62 bits per heavy atom. The lowest BCUT2D eigenvalue weighted by atomic mass is 10.2. The second-order valence-electron chi connectivity index (χ2n) is 3.81. The lowest BCUT2D eigenvalue weighted by molar-refractivity contribution is -0.125. The van der Waals surface area contributed by atoms with Crippen LogP contribution in [0.2, 0.25) is 0 Å². The summed E-state index contributed by atoms with van der Waals surface area (Å²) >= 11 is 0. The zero-order chi connectivity index (χ0) is 10.1. The Balaban J connectivity index is 3.08. The van der Waals surface area contributed by atoms with Crippen LogP contribution < -0.4 is 4.48 Å². The van der Waals surface area contributed by atoms with Crippen LogP contribution in [0.1, 0.15) is 12.5 Å². The van der Waals surface area contributed by atoms with Crippen LogP contribution in [0, 0.1) is 6.92 Å². The van der Waals surface area contributed by atoms with Crippen molar-refractivity contribution in [3.63, 3.8) is 0 Å². The molecule has 0 spiro atoms. The van der Waals surface area contributed by atoms with Crippen molar-refractivity contribution in [3.8, 4) is 0 Å². The topological polar surface area (TPSA) is 17.1 Å². The van der Waals surface area contributed by atoms with Crippen LogP contribution in [0.25, 0.3) is 0 Å². The summed E-state index contributed by atoms with van der Waals surface area (Å²) in [4.78, 5) is 11.3. The van der Waals surface area contributed by atoms with Crippen molar-refractivity contribution in [1.29, 1.82) is 0 Å². The Kier molecular flexibility index (Phi) is 2.52. The predicted octanol–water partition coefficient (Wildman–Crippen LogP) is 2.11. The van der Waals surface area contributed by atoms with E-state index in [-0.39, 0.29) is 5.91 Å². The molecule has 0 aliphatic carbocycles. The Bertz CT molecular complexity index is 311. The van der Waals surface area contributed by atoms with Crippen LogP contribution >= 0.6 is 0 Å². The van der Waals surface area contributed by atoms with Crippen molar-refractivity contribution in [2.45, 2.75) is 13.8 Å². The van der Waals surface area contributed by atoms with E-state index in [0.29, 0.717) is 4.48 Å². The SMILES string of the molecule is CC(=O)[N+](C)(C)c1ccc(C)cc1. The van der Waals surface area contributed by atoms with Crippen LogP contribution in [0.3, 0.4) is 0 Å². The summed E-state index contributed by atoms with van der Waals surface area (Å²) in [5.41, 5.74) is 2.24. The number of hydrogen-bond donors (Lipinski definition) is 0. The number of carbonyl (C=O) groups excluding carboxylic acids is 1. The first kappa shape index (κ1) is 9.93. The molecule has 0 fully saturated rings. The van der Waals surface area contributed by atoms with Crippen molar-refractivity contribution in [3.05, 3.63) is 29.8 Å². The molecule has 2 nitrogen and oxygen atoms in total. The summed E-state index contributed by atoms with van der Waals surface area (Å²) in [6.45, 7) is 3.65. The molecular weight excluding hydrogens is 162 g/mol. The smallest absolute Gasteiger partial charge is 0.234 e. The van der Waals surface area contributed by atoms with Crippen molar-refractivity contribution in [1.82, 2.24) is 4.48 Å². The zero-order valence-electron chi connectivity index (χ0n) is 8.66. The normalized spacial score (nSPS) is 11.4. The number of benzene rings is 1. The van der Waals surface area contributed by atoms with E-state index >= 15 is 0 Å². The van der Waals surface area contributed by atoms with E-state index in [1.165, 1.54) is 5.56 Å². The van der Waals surface area contributed by atoms with Crippen molar-refractivity contribution >= 4 is 11.6 Å². The molecule has 0 radical (unpaired) electrons. The van der Waals surface area contributed by atoms with Gasteiger partial charge in [0, 0.05) is 0 Å². The van der Waals surface area contributed by atoms with E-state index in [9.17, 15) is 4.79 Å². The van der Waals surface area contributed by atoms with Gasteiger partial charge in [-0.15, -0.1) is 0 Å². The highest BCUT2D eigenvalue weighted by molar-refractivity contribution is 5.85. The fourth-order valence-corrected chi connectivity index (χ4v) is 1.10. The molecule has 0 aliphatic rings. The van der Waals surface area contributed by atoms with Crippen molar-refractivity contribution < 1.29 is 4.79 Å². The van der Waals surface area contributed by atoms with Crippen LogP contribution in [-0.2, 0) is 4.79 Å². The molecule has 1 aromatic carbocycles. The minimum absolute atomic E-state index is 0.142. The summed E-state index contributed by atoms with van der Waals surface area (Å²) in [6.07, 6.45) is 0. The Labute approximate surface area is 79.4 Å². The number of quaternary nitrogens is 1. The van der Waals surface area contributed by atoms with Crippen LogP contribution in [-0.4, -0.2) is 20.0 Å². The highest BCUT2D eigenvalue weighted by Gasteiger charge is 2.24. The molecule has 0 unspecified atom stereocenters. The van der Waals surface area contributed by atoms with E-state index in [1.54, 1.807) is 6.92 Å². The van der Waals surface area contributed by atoms with E-state index in [1.807, 2.05) is 45.3 Å². The highest BCUT2D eigenvalue weighted by Crippen LogP contribution is 2.19. The zero-order valence-corrected chi connectivity index (χ0v) is 8.66. The van der Waals surface area contributed by atoms with E-state index in [2.05, 4.69) is 0 Å². The number of amides is 1. The molecule has 0 saturated carbocycles. The molecule has 0 atom stereocenters. The standard InChI is InChI=1S/C11H16NO/c1-9-5-7-11(8-6-9)12(3,4)10(2)13/h5-8H,1-4H3/q+1. The lowest BCUT2D eigenvalue weighted by Gasteiger charge is -2.24. The average Bonchev–Trinajstić information content (AvgIpc) is 2.04. The number of rotatable bonds is 1. The lowest BCUT2D eigenvalue weighted by Crippen LogP contribution is -2.44. The maximum Gasteiger partial charge on any atom is 0.315 e. The molecule has 0 heterocycles. The molecule has 0 aromatic heterocycles. The molecule has 1 rings (SSSR count). The summed E-state index contributed by atoms with van der Waals surface area (Å²) in [7, 11) is 3.79. The van der Waals surface area contributed by atoms with Gasteiger partial charge in [-0.25, -0.2) is 9.28 Å². The quantitative estimate of drug-likeness (QED) is 0.602. The van der Waals surface area contributed by atoms with Gasteiger partial charge in [-0.2, -0.15) is 0 Å². The first-order valence-corrected chi connectivity index (χ1v) is 4.37. The Morgan fingerprint density at radius 1 is 1.15 bits per heavy atom. The van der Waals surface area contributed by atoms with Gasteiger partial charge in [-0.3, -0.25) is 0 Å². The van der Waals surface area contributed by atoms with Crippen LogP contribution in [0.15, 0.2) is 24.3 Å². The van der Waals surface area contributed by atoms with Gasteiger partial charge in [0.25, 0.3) is 0 Å². The van der Waals surface area contributed by atoms with Gasteiger partial charge in [-0.1, -0.05) is 17.7 Å². The second-order valence-corrected chi connectivity index (χ2v) is 3.81. The Morgan fingerprint density at radius 3 is 2.00 bits per heavy atom. The molecule has 0 saturated heterocycles. The molecule has 1 aromatic rings. The maximum atomic E-state index is 11.3. The minimum atomic E-state index is 0.142. The number of carbonyl (C=O) groups is 1. The third kappa shape index (κ3) is 1.95. The van der Waals surface area contributed by atoms with Crippen molar-refractivity contribution in [2.75, 3.05) is 14.1 Å². The minimum Gasteiger partial charge on any atom is -0.234 e. The fourth-order valence-electron chi connectivity index (χ4n) is 1.10. The second kappa shape index (κ2) is 3.30. The van der Waals surface area contributed by atoms with E-state index < -0.39 is 0 Å². The largest absolute Gasteiger partial charge is 0.315 e. The van der Waals surface area contributed by atoms with E-state index in [4.69, 9.17) is 0 Å². The van der Waals surface area contributed by atoms with Gasteiger partial charge in [-0.05, 0) is 19.1 Å². The van der Waals surface area contributed by atoms with Crippen LogP contribution in [0.4, 0.5) is 5.69 Å². The molecule has 0 N–H and O–H groups in total. The van der Waals surface area contributed by atoms with Crippen LogP contribution in [0.5, 0.6) is 0 Å². The number of hydrogen-bond acceptors (Lipinski definition) is 1. The fraction of sp³-hybridized carbons (Fsp3) is 0.364. The molecule has 70 valence electrons.